The minimum absolute atomic E-state index is 0.0609. The molecule has 30 heteroatoms. The topological polar surface area (TPSA) is 396 Å². The molecule has 0 radical (unpaired) electrons. The molecule has 0 amide bonds. The molecule has 68 heavy (non-hydrogen) atoms. The Balaban J connectivity index is 1.35. The van der Waals surface area contributed by atoms with Crippen molar-refractivity contribution in [3.63, 3.8) is 0 Å². The average Bonchev–Trinajstić information content (AvgIpc) is 3.25. The number of nitrogens with zero attached hydrogens (tertiary/aromatic N) is 8. The Hall–Kier alpha value is -7.00. The average molecular weight is 1020 g/mol. The van der Waals surface area contributed by atoms with E-state index in [-0.39, 0.29) is 93.6 Å². The Morgan fingerprint density at radius 1 is 0.529 bits per heavy atom. The van der Waals surface area contributed by atoms with Gasteiger partial charge in [-0.3, -0.25) is 28.2 Å². The predicted molar refractivity (Wildman–Crippen MR) is 244 cm³/mol. The predicted octanol–water partition coefficient (Wildman–Crippen LogP) is 1.89. The molecule has 0 bridgehead atoms. The maximum Gasteiger partial charge on any atom is 0.295 e. The number of rotatable bonds is 18. The lowest BCUT2D eigenvalue weighted by molar-refractivity contribution is 0.303. The third-order valence-corrected chi connectivity index (χ3v) is 12.7. The van der Waals surface area contributed by atoms with Gasteiger partial charge in [0, 0.05) is 38.6 Å². The van der Waals surface area contributed by atoms with E-state index in [9.17, 15) is 62.1 Å². The molecule has 360 valence electrons. The van der Waals surface area contributed by atoms with E-state index in [1.165, 1.54) is 58.3 Å². The minimum atomic E-state index is -4.99. The maximum absolute atomic E-state index is 12.7. The van der Waals surface area contributed by atoms with Gasteiger partial charge in [0.05, 0.1) is 34.4 Å². The number of hydrogen-bond acceptors (Lipinski definition) is 20. The minimum Gasteiger partial charge on any atom is -0.395 e. The molecule has 0 atom stereocenters. The second kappa shape index (κ2) is 20.5. The first-order valence-electron chi connectivity index (χ1n) is 19.2. The first-order valence-corrected chi connectivity index (χ1v) is 25.0. The molecule has 6 aromatic rings. The highest BCUT2D eigenvalue weighted by Crippen LogP contribution is 2.28. The standard InChI is InChI=1S/C38H40N12O14S4/c1-49(17-19-51)37-45-33(39-25-9-13-29(14-10-25)65(53,54)55)43-35(47-37)41-27-7-5-23(31(21-27)67(59,60)61)3-4-24-6-8-28(22-32(24)68(62,63)64)42-36-44-34(46-38(48-36)50(2)18-20-52)40-26-11-15-30(16-12-26)66(56,57)58/h3-16,21-22,51-52H,17-20H2,1-2H3,(H,53,54,55)(H,56,57,58)(H,59,60,61)(H,62,63,64)(H2,39,41,43,45,47)(H2,40,42,44,46,48). The van der Waals surface area contributed by atoms with E-state index in [0.717, 1.165) is 48.6 Å². The van der Waals surface area contributed by atoms with Crippen LogP contribution in [0.15, 0.2) is 114 Å². The molecule has 0 unspecified atom stereocenters. The van der Waals surface area contributed by atoms with Crippen LogP contribution in [0.3, 0.4) is 0 Å². The molecular weight excluding hydrogens is 977 g/mol. The van der Waals surface area contributed by atoms with Crippen LogP contribution < -0.4 is 31.7 Å². The molecule has 0 aliphatic rings. The Morgan fingerprint density at radius 2 is 0.882 bits per heavy atom. The SMILES string of the molecule is CN(CCO)c1nc(Nc2ccc(S(=O)(=O)O)cc2)nc(=Nc2ccc(C=Cc3ccc(N=c4nc(Nc5ccc(S(=O)(=O)O)cc5)nc(N(C)CCO)[nH]4)cc3S(=O)(=O)O)c(S(=O)(=O)O)c2)[nH]1. The Bertz CT molecular complexity index is 3250. The maximum atomic E-state index is 12.7. The summed E-state index contributed by atoms with van der Waals surface area (Å²) < 4.78 is 136. The second-order valence-electron chi connectivity index (χ2n) is 14.1. The van der Waals surface area contributed by atoms with Crippen LogP contribution in [0.5, 0.6) is 0 Å². The number of benzene rings is 4. The number of aromatic amines is 2. The molecule has 0 aliphatic carbocycles. The zero-order chi connectivity index (χ0) is 49.6. The Labute approximate surface area is 387 Å². The number of aliphatic hydroxyl groups excluding tert-OH is 2. The monoisotopic (exact) mass is 1020 g/mol. The quantitative estimate of drug-likeness (QED) is 0.0434. The van der Waals surface area contributed by atoms with Crippen LogP contribution in [-0.4, -0.2) is 132 Å². The van der Waals surface area contributed by atoms with Crippen molar-refractivity contribution in [3.05, 3.63) is 107 Å². The molecule has 0 saturated heterocycles. The van der Waals surface area contributed by atoms with Crippen LogP contribution in [0, 0.1) is 0 Å². The fourth-order valence-corrected chi connectivity index (χ4v) is 8.23. The van der Waals surface area contributed by atoms with Gasteiger partial charge in [0.15, 0.2) is 0 Å². The third kappa shape index (κ3) is 13.3. The number of H-pyrrole nitrogens is 2. The van der Waals surface area contributed by atoms with E-state index < -0.39 is 50.3 Å². The summed E-state index contributed by atoms with van der Waals surface area (Å²) in [5, 5.41) is 24.7. The van der Waals surface area contributed by atoms with Crippen molar-refractivity contribution in [2.45, 2.75) is 19.6 Å². The van der Waals surface area contributed by atoms with Gasteiger partial charge in [0.25, 0.3) is 40.5 Å². The molecule has 0 spiro atoms. The van der Waals surface area contributed by atoms with E-state index in [2.05, 4.69) is 50.5 Å². The summed E-state index contributed by atoms with van der Waals surface area (Å²) in [4.78, 5) is 32.6. The van der Waals surface area contributed by atoms with Crippen molar-refractivity contribution in [1.82, 2.24) is 29.9 Å². The van der Waals surface area contributed by atoms with Crippen molar-refractivity contribution < 1.29 is 62.1 Å². The molecule has 2 heterocycles. The van der Waals surface area contributed by atoms with Gasteiger partial charge in [-0.2, -0.15) is 53.6 Å². The zero-order valence-corrected chi connectivity index (χ0v) is 38.5. The van der Waals surface area contributed by atoms with Crippen molar-refractivity contribution in [1.29, 1.82) is 0 Å². The molecule has 6 rings (SSSR count). The summed E-state index contributed by atoms with van der Waals surface area (Å²) in [5.74, 6) is 0.0943. The van der Waals surface area contributed by atoms with E-state index >= 15 is 0 Å². The van der Waals surface area contributed by atoms with Crippen LogP contribution in [0.1, 0.15) is 11.1 Å². The van der Waals surface area contributed by atoms with E-state index in [4.69, 9.17) is 0 Å². The fraction of sp³-hybridized carbons (Fsp3) is 0.158. The van der Waals surface area contributed by atoms with Gasteiger partial charge in [-0.25, -0.2) is 9.98 Å². The highest BCUT2D eigenvalue weighted by atomic mass is 32.2. The highest BCUT2D eigenvalue weighted by Gasteiger charge is 2.19. The fourth-order valence-electron chi connectivity index (χ4n) is 5.86. The number of anilines is 6. The summed E-state index contributed by atoms with van der Waals surface area (Å²) in [6, 6.07) is 17.0. The van der Waals surface area contributed by atoms with Crippen molar-refractivity contribution >= 4 is 99.2 Å². The smallest absolute Gasteiger partial charge is 0.295 e. The first-order chi connectivity index (χ1) is 31.9. The van der Waals surface area contributed by atoms with Gasteiger partial charge >= 0.3 is 0 Å². The van der Waals surface area contributed by atoms with Crippen LogP contribution in [0.4, 0.5) is 46.5 Å². The molecule has 0 saturated carbocycles. The highest BCUT2D eigenvalue weighted by molar-refractivity contribution is 7.86. The lowest BCUT2D eigenvalue weighted by Gasteiger charge is -2.17. The zero-order valence-electron chi connectivity index (χ0n) is 35.2. The summed E-state index contributed by atoms with van der Waals surface area (Å²) in [7, 11) is -15.7. The largest absolute Gasteiger partial charge is 0.395 e. The van der Waals surface area contributed by atoms with Crippen LogP contribution in [0.2, 0.25) is 0 Å². The number of aliphatic hydroxyl groups is 2. The van der Waals surface area contributed by atoms with E-state index in [1.807, 2.05) is 0 Å². The van der Waals surface area contributed by atoms with Crippen LogP contribution in [-0.2, 0) is 40.5 Å². The van der Waals surface area contributed by atoms with Gasteiger partial charge in [-0.15, -0.1) is 0 Å². The van der Waals surface area contributed by atoms with Crippen LogP contribution in [0.25, 0.3) is 12.2 Å². The summed E-state index contributed by atoms with van der Waals surface area (Å²) in [5.41, 5.74) is -0.120. The molecule has 2 aromatic heterocycles. The summed E-state index contributed by atoms with van der Waals surface area (Å²) in [6.07, 6.45) is 2.31. The normalized spacial score (nSPS) is 12.9. The molecular formula is C38H40N12O14S4. The molecule has 10 N–H and O–H groups in total. The number of aromatic nitrogens is 6. The first kappa shape index (κ1) is 50.4. The second-order valence-corrected chi connectivity index (χ2v) is 19.8. The summed E-state index contributed by atoms with van der Waals surface area (Å²) in [6.45, 7) is -0.328. The number of likely N-dealkylation sites (N-methyl/N-ethyl adjacent to an activating group) is 2. The lowest BCUT2D eigenvalue weighted by Crippen LogP contribution is -2.28. The van der Waals surface area contributed by atoms with E-state index in [0.29, 0.717) is 11.4 Å². The van der Waals surface area contributed by atoms with Gasteiger partial charge in [0.1, 0.15) is 9.79 Å². The van der Waals surface area contributed by atoms with Crippen LogP contribution >= 0.6 is 0 Å². The number of nitrogens with one attached hydrogen (secondary N) is 4. The molecule has 0 aliphatic heterocycles. The third-order valence-electron chi connectivity index (χ3n) is 9.17. The molecule has 0 fully saturated rings. The molecule has 26 nitrogen and oxygen atoms in total. The van der Waals surface area contributed by atoms with Gasteiger partial charge in [-0.05, 0) is 83.9 Å². The van der Waals surface area contributed by atoms with Gasteiger partial charge < -0.3 is 30.6 Å². The Kier molecular flexibility index (Phi) is 15.2. The van der Waals surface area contributed by atoms with Gasteiger partial charge in [-0.1, -0.05) is 24.3 Å². The number of hydrogen-bond donors (Lipinski definition) is 10. The summed E-state index contributed by atoms with van der Waals surface area (Å²) >= 11 is 0. The van der Waals surface area contributed by atoms with Gasteiger partial charge in [0.2, 0.25) is 35.0 Å². The van der Waals surface area contributed by atoms with E-state index in [1.54, 1.807) is 14.1 Å². The molecule has 4 aromatic carbocycles. The van der Waals surface area contributed by atoms with Crippen molar-refractivity contribution in [3.8, 4) is 0 Å². The Morgan fingerprint density at radius 3 is 1.19 bits per heavy atom. The van der Waals surface area contributed by atoms with Crippen molar-refractivity contribution in [2.75, 3.05) is 60.8 Å². The van der Waals surface area contributed by atoms with Crippen molar-refractivity contribution in [2.24, 2.45) is 9.98 Å². The lowest BCUT2D eigenvalue weighted by atomic mass is 10.1.